The Morgan fingerprint density at radius 2 is 1.18 bits per heavy atom. The zero-order chi connectivity index (χ0) is 16.4. The van der Waals surface area contributed by atoms with Gasteiger partial charge in [0, 0.05) is 33.4 Å². The van der Waals surface area contributed by atoms with Gasteiger partial charge in [0.1, 0.15) is 0 Å². The summed E-state index contributed by atoms with van der Waals surface area (Å²) in [5, 5.41) is 0. The molecule has 0 spiro atoms. The fraction of sp³-hybridized carbons (Fsp3) is 0.222. The number of benzene rings is 2. The Labute approximate surface area is 133 Å². The third-order valence-electron chi connectivity index (χ3n) is 3.73. The monoisotopic (exact) mass is 314 g/mol. The van der Waals surface area contributed by atoms with Gasteiger partial charge in [0.15, 0.2) is 21.4 Å². The lowest BCUT2D eigenvalue weighted by Crippen LogP contribution is -2.10. The summed E-state index contributed by atoms with van der Waals surface area (Å²) in [6.07, 6.45) is 0. The molecule has 0 aliphatic rings. The molecule has 0 amide bonds. The minimum absolute atomic E-state index is 0.0504. The molecule has 0 radical (unpaired) electrons. The molecule has 0 heterocycles. The summed E-state index contributed by atoms with van der Waals surface area (Å²) >= 11 is -1.43. The lowest BCUT2D eigenvalue weighted by atomic mass is 10.1. The zero-order valence-electron chi connectivity index (χ0n) is 13.1. The lowest BCUT2D eigenvalue weighted by molar-refractivity contribution is 0.100. The average Bonchev–Trinajstić information content (AvgIpc) is 2.46. The van der Waals surface area contributed by atoms with Crippen LogP contribution in [0.3, 0.4) is 0 Å². The molecule has 0 aromatic heterocycles. The second-order valence-corrected chi connectivity index (χ2v) is 6.66. The molecule has 22 heavy (non-hydrogen) atoms. The minimum Gasteiger partial charge on any atom is -0.606 e. The van der Waals surface area contributed by atoms with Crippen molar-refractivity contribution in [2.24, 2.45) is 0 Å². The third-order valence-corrected chi connectivity index (χ3v) is 5.41. The maximum Gasteiger partial charge on any atom is 0.162 e. The SMILES string of the molecule is CC(=O)c1cccc([S+]([O-])c2cccc(C(C)=O)c2C)c1C. The summed E-state index contributed by atoms with van der Waals surface area (Å²) in [5.74, 6) is -0.101. The molecule has 3 nitrogen and oxygen atoms in total. The molecule has 114 valence electrons. The molecule has 4 heteroatoms. The van der Waals surface area contributed by atoms with E-state index in [1.165, 1.54) is 13.8 Å². The molecule has 2 aromatic carbocycles. The van der Waals surface area contributed by atoms with E-state index in [2.05, 4.69) is 0 Å². The molecule has 0 saturated heterocycles. The summed E-state index contributed by atoms with van der Waals surface area (Å²) in [6.45, 7) is 6.59. The van der Waals surface area contributed by atoms with E-state index >= 15 is 0 Å². The van der Waals surface area contributed by atoms with Crippen molar-refractivity contribution in [3.63, 3.8) is 0 Å². The Balaban J connectivity index is 2.56. The van der Waals surface area contributed by atoms with Gasteiger partial charge in [0.25, 0.3) is 0 Å². The van der Waals surface area contributed by atoms with Crippen molar-refractivity contribution in [3.05, 3.63) is 58.7 Å². The van der Waals surface area contributed by atoms with Crippen LogP contribution in [0, 0.1) is 13.8 Å². The van der Waals surface area contributed by atoms with E-state index in [-0.39, 0.29) is 11.6 Å². The van der Waals surface area contributed by atoms with Crippen molar-refractivity contribution in [1.29, 1.82) is 0 Å². The highest BCUT2D eigenvalue weighted by Crippen LogP contribution is 2.29. The van der Waals surface area contributed by atoms with Crippen molar-refractivity contribution in [2.45, 2.75) is 37.5 Å². The van der Waals surface area contributed by atoms with Crippen LogP contribution in [0.1, 0.15) is 45.7 Å². The Hall–Kier alpha value is -1.91. The molecule has 0 bridgehead atoms. The van der Waals surface area contributed by atoms with Gasteiger partial charge in [0.05, 0.1) is 0 Å². The highest BCUT2D eigenvalue weighted by molar-refractivity contribution is 7.91. The van der Waals surface area contributed by atoms with Crippen LogP contribution in [-0.2, 0) is 11.2 Å². The van der Waals surface area contributed by atoms with Gasteiger partial charge in [-0.2, -0.15) is 0 Å². The van der Waals surface area contributed by atoms with Gasteiger partial charge in [0.2, 0.25) is 0 Å². The van der Waals surface area contributed by atoms with Gasteiger partial charge in [-0.25, -0.2) is 0 Å². The fourth-order valence-electron chi connectivity index (χ4n) is 2.51. The number of hydrogen-bond acceptors (Lipinski definition) is 3. The summed E-state index contributed by atoms with van der Waals surface area (Å²) in [7, 11) is 0. The van der Waals surface area contributed by atoms with E-state index < -0.39 is 11.2 Å². The van der Waals surface area contributed by atoms with Gasteiger partial charge < -0.3 is 4.55 Å². The number of ketones is 2. The Morgan fingerprint density at radius 1 is 0.818 bits per heavy atom. The number of Topliss-reactive ketones (excluding diaryl/α,β-unsaturated/α-hetero) is 2. The van der Waals surface area contributed by atoms with Crippen LogP contribution < -0.4 is 0 Å². The van der Waals surface area contributed by atoms with Crippen molar-refractivity contribution in [2.75, 3.05) is 0 Å². The molecule has 0 unspecified atom stereocenters. The van der Waals surface area contributed by atoms with Crippen molar-refractivity contribution in [1.82, 2.24) is 0 Å². The van der Waals surface area contributed by atoms with E-state index in [1.807, 2.05) is 0 Å². The van der Waals surface area contributed by atoms with Gasteiger partial charge in [-0.1, -0.05) is 24.3 Å². The first-order chi connectivity index (χ1) is 10.3. The topological polar surface area (TPSA) is 57.2 Å². The first-order valence-corrected chi connectivity index (χ1v) is 8.12. The van der Waals surface area contributed by atoms with E-state index in [1.54, 1.807) is 50.2 Å². The van der Waals surface area contributed by atoms with Crippen LogP contribution >= 0.6 is 0 Å². The second-order valence-electron chi connectivity index (χ2n) is 5.24. The summed E-state index contributed by atoms with van der Waals surface area (Å²) in [6, 6.07) is 10.5. The molecule has 0 aliphatic heterocycles. The maximum absolute atomic E-state index is 12.9. The Morgan fingerprint density at radius 3 is 1.50 bits per heavy atom. The molecule has 0 atom stereocenters. The van der Waals surface area contributed by atoms with Gasteiger partial charge >= 0.3 is 0 Å². The quantitative estimate of drug-likeness (QED) is 0.636. The van der Waals surface area contributed by atoms with Crippen LogP contribution in [0.2, 0.25) is 0 Å². The molecule has 0 N–H and O–H groups in total. The molecule has 0 fully saturated rings. The zero-order valence-corrected chi connectivity index (χ0v) is 13.9. The highest BCUT2D eigenvalue weighted by atomic mass is 32.2. The third kappa shape index (κ3) is 2.98. The first-order valence-electron chi connectivity index (χ1n) is 6.97. The van der Waals surface area contributed by atoms with Crippen LogP contribution in [0.15, 0.2) is 46.2 Å². The standard InChI is InChI=1S/C18H18O3S/c1-11-15(13(3)19)7-5-9-17(11)22(21)18-10-6-8-16(12(18)2)14(4)20/h5-10H,1-4H3. The lowest BCUT2D eigenvalue weighted by Gasteiger charge is -2.16. The van der Waals surface area contributed by atoms with E-state index in [0.717, 1.165) is 11.1 Å². The molecular weight excluding hydrogens is 296 g/mol. The number of carbonyl (C=O) groups excluding carboxylic acids is 2. The predicted molar refractivity (Wildman–Crippen MR) is 87.0 cm³/mol. The van der Waals surface area contributed by atoms with Crippen LogP contribution in [-0.4, -0.2) is 16.1 Å². The van der Waals surface area contributed by atoms with E-state index in [0.29, 0.717) is 20.9 Å². The fourth-order valence-corrected chi connectivity index (χ4v) is 3.93. The molecule has 2 aromatic rings. The summed E-state index contributed by atoms with van der Waals surface area (Å²) in [4.78, 5) is 24.5. The van der Waals surface area contributed by atoms with Crippen molar-refractivity contribution in [3.8, 4) is 0 Å². The molecule has 0 aliphatic carbocycles. The van der Waals surface area contributed by atoms with Crippen molar-refractivity contribution < 1.29 is 14.1 Å². The predicted octanol–water partition coefficient (Wildman–Crippen LogP) is 3.88. The number of rotatable bonds is 4. The summed E-state index contributed by atoms with van der Waals surface area (Å²) in [5.41, 5.74) is 2.60. The smallest absolute Gasteiger partial charge is 0.162 e. The van der Waals surface area contributed by atoms with Gasteiger partial charge in [-0.05, 0) is 39.8 Å². The van der Waals surface area contributed by atoms with Crippen molar-refractivity contribution >= 4 is 22.7 Å². The van der Waals surface area contributed by atoms with Crippen LogP contribution in [0.4, 0.5) is 0 Å². The normalized spacial score (nSPS) is 10.8. The van der Waals surface area contributed by atoms with Gasteiger partial charge in [-0.3, -0.25) is 9.59 Å². The van der Waals surface area contributed by atoms with E-state index in [4.69, 9.17) is 0 Å². The average molecular weight is 314 g/mol. The Bertz CT molecular complexity index is 686. The maximum atomic E-state index is 12.9. The molecule has 2 rings (SSSR count). The molecule has 0 saturated carbocycles. The number of hydrogen-bond donors (Lipinski definition) is 0. The number of carbonyl (C=O) groups is 2. The first kappa shape index (κ1) is 16.5. The van der Waals surface area contributed by atoms with Crippen LogP contribution in [0.5, 0.6) is 0 Å². The minimum atomic E-state index is -1.43. The summed E-state index contributed by atoms with van der Waals surface area (Å²) < 4.78 is 12.9. The largest absolute Gasteiger partial charge is 0.606 e. The van der Waals surface area contributed by atoms with Crippen LogP contribution in [0.25, 0.3) is 0 Å². The van der Waals surface area contributed by atoms with E-state index in [9.17, 15) is 14.1 Å². The second kappa shape index (κ2) is 6.46. The molecular formula is C18H18O3S. The van der Waals surface area contributed by atoms with Gasteiger partial charge in [-0.15, -0.1) is 0 Å². The highest BCUT2D eigenvalue weighted by Gasteiger charge is 2.23. The Kier molecular flexibility index (Phi) is 4.84.